The lowest BCUT2D eigenvalue weighted by molar-refractivity contribution is 0.102. The Kier molecular flexibility index (Phi) is 3.57. The van der Waals surface area contributed by atoms with Crippen molar-refractivity contribution in [2.45, 2.75) is 6.92 Å². The van der Waals surface area contributed by atoms with Crippen molar-refractivity contribution in [3.8, 4) is 0 Å². The second-order valence-electron chi connectivity index (χ2n) is 3.46. The number of fused-ring (bicyclic) bond motifs is 1. The number of pyridine rings is 1. The molecule has 0 fully saturated rings. The van der Waals surface area contributed by atoms with E-state index in [2.05, 4.69) is 11.9 Å². The van der Waals surface area contributed by atoms with E-state index in [1.54, 1.807) is 24.2 Å². The van der Waals surface area contributed by atoms with Crippen molar-refractivity contribution in [3.05, 3.63) is 42.2 Å². The summed E-state index contributed by atoms with van der Waals surface area (Å²) in [5, 5.41) is 2.02. The van der Waals surface area contributed by atoms with E-state index in [-0.39, 0.29) is 5.78 Å². The molecule has 0 atom stereocenters. The maximum atomic E-state index is 12.0. The summed E-state index contributed by atoms with van der Waals surface area (Å²) >= 11 is 1.65. The predicted molar refractivity (Wildman–Crippen MR) is 69.1 cm³/mol. The fraction of sp³-hybridized carbons (Fsp3) is 0.231. The summed E-state index contributed by atoms with van der Waals surface area (Å²) in [6.45, 7) is 2.06. The number of hydrogen-bond donors (Lipinski definition) is 0. The number of ketones is 1. The number of nitrogens with zero attached hydrogens (tertiary/aromatic N) is 1. The van der Waals surface area contributed by atoms with Gasteiger partial charge in [0.15, 0.2) is 5.78 Å². The zero-order chi connectivity index (χ0) is 11.4. The topological polar surface area (TPSA) is 30.0 Å². The van der Waals surface area contributed by atoms with Gasteiger partial charge in [-0.2, -0.15) is 11.8 Å². The van der Waals surface area contributed by atoms with Gasteiger partial charge in [-0.05, 0) is 17.2 Å². The predicted octanol–water partition coefficient (Wildman–Crippen LogP) is 3.17. The SMILES string of the molecule is CCSCC(=O)c1cccc2cnccc12. The van der Waals surface area contributed by atoms with Gasteiger partial charge in [-0.25, -0.2) is 0 Å². The second kappa shape index (κ2) is 5.12. The summed E-state index contributed by atoms with van der Waals surface area (Å²) in [5.41, 5.74) is 0.806. The highest BCUT2D eigenvalue weighted by molar-refractivity contribution is 7.99. The molecule has 0 unspecified atom stereocenters. The van der Waals surface area contributed by atoms with Crippen LogP contribution in [0.25, 0.3) is 10.8 Å². The summed E-state index contributed by atoms with van der Waals surface area (Å²) in [5.74, 6) is 1.72. The smallest absolute Gasteiger partial charge is 0.173 e. The minimum atomic E-state index is 0.198. The average Bonchev–Trinajstić information content (AvgIpc) is 2.35. The molecule has 0 saturated heterocycles. The molecule has 0 aliphatic carbocycles. The highest BCUT2D eigenvalue weighted by Gasteiger charge is 2.08. The molecule has 0 spiro atoms. The van der Waals surface area contributed by atoms with Crippen LogP contribution in [0.2, 0.25) is 0 Å². The summed E-state index contributed by atoms with van der Waals surface area (Å²) in [6.07, 6.45) is 3.52. The lowest BCUT2D eigenvalue weighted by Gasteiger charge is -2.04. The summed E-state index contributed by atoms with van der Waals surface area (Å²) in [6, 6.07) is 7.68. The van der Waals surface area contributed by atoms with Crippen molar-refractivity contribution in [1.29, 1.82) is 0 Å². The molecule has 2 rings (SSSR count). The molecule has 82 valence electrons. The monoisotopic (exact) mass is 231 g/mol. The van der Waals surface area contributed by atoms with Gasteiger partial charge in [0.2, 0.25) is 0 Å². The second-order valence-corrected chi connectivity index (χ2v) is 4.74. The molecule has 2 aromatic rings. The van der Waals surface area contributed by atoms with E-state index in [0.29, 0.717) is 5.75 Å². The third-order valence-electron chi connectivity index (χ3n) is 2.42. The van der Waals surface area contributed by atoms with Crippen molar-refractivity contribution in [3.63, 3.8) is 0 Å². The van der Waals surface area contributed by atoms with Crippen molar-refractivity contribution in [2.24, 2.45) is 0 Å². The molecular formula is C13H13NOS. The van der Waals surface area contributed by atoms with E-state index in [9.17, 15) is 4.79 Å². The third kappa shape index (κ3) is 2.25. The standard InChI is InChI=1S/C13H13NOS/c1-2-16-9-13(15)12-5-3-4-10-8-14-7-6-11(10)12/h3-8H,2,9H2,1H3. The van der Waals surface area contributed by atoms with Crippen molar-refractivity contribution in [2.75, 3.05) is 11.5 Å². The molecule has 2 nitrogen and oxygen atoms in total. The van der Waals surface area contributed by atoms with Gasteiger partial charge in [-0.15, -0.1) is 0 Å². The molecule has 0 radical (unpaired) electrons. The molecule has 0 bridgehead atoms. The largest absolute Gasteiger partial charge is 0.293 e. The minimum absolute atomic E-state index is 0.198. The van der Waals surface area contributed by atoms with E-state index in [0.717, 1.165) is 22.1 Å². The van der Waals surface area contributed by atoms with Crippen LogP contribution in [-0.2, 0) is 0 Å². The number of carbonyl (C=O) groups excluding carboxylic acids is 1. The molecule has 0 saturated carbocycles. The molecule has 1 heterocycles. The molecular weight excluding hydrogens is 218 g/mol. The van der Waals surface area contributed by atoms with Crippen molar-refractivity contribution in [1.82, 2.24) is 4.98 Å². The fourth-order valence-corrected chi connectivity index (χ4v) is 2.18. The Morgan fingerprint density at radius 1 is 1.38 bits per heavy atom. The van der Waals surface area contributed by atoms with Gasteiger partial charge in [-0.1, -0.05) is 25.1 Å². The summed E-state index contributed by atoms with van der Waals surface area (Å²) in [4.78, 5) is 16.0. The van der Waals surface area contributed by atoms with Gasteiger partial charge in [-0.3, -0.25) is 9.78 Å². The van der Waals surface area contributed by atoms with E-state index in [1.807, 2.05) is 24.3 Å². The van der Waals surface area contributed by atoms with Crippen molar-refractivity contribution >= 4 is 28.3 Å². The Morgan fingerprint density at radius 2 is 2.25 bits per heavy atom. The maximum absolute atomic E-state index is 12.0. The van der Waals surface area contributed by atoms with Gasteiger partial charge in [0.1, 0.15) is 0 Å². The Labute approximate surface area is 99.1 Å². The maximum Gasteiger partial charge on any atom is 0.173 e. The first-order valence-corrected chi connectivity index (χ1v) is 6.42. The van der Waals surface area contributed by atoms with Crippen LogP contribution in [0.3, 0.4) is 0 Å². The Balaban J connectivity index is 2.40. The number of hydrogen-bond acceptors (Lipinski definition) is 3. The Bertz CT molecular complexity index is 505. The number of rotatable bonds is 4. The summed E-state index contributed by atoms with van der Waals surface area (Å²) in [7, 11) is 0. The quantitative estimate of drug-likeness (QED) is 0.757. The molecule has 0 aliphatic heterocycles. The van der Waals surface area contributed by atoms with Crippen molar-refractivity contribution < 1.29 is 4.79 Å². The van der Waals surface area contributed by atoms with Gasteiger partial charge in [0.25, 0.3) is 0 Å². The number of Topliss-reactive ketones (excluding diaryl/α,β-unsaturated/α-hetero) is 1. The number of benzene rings is 1. The van der Waals surface area contributed by atoms with Crippen LogP contribution in [0.15, 0.2) is 36.7 Å². The van der Waals surface area contributed by atoms with Crippen LogP contribution < -0.4 is 0 Å². The van der Waals surface area contributed by atoms with Gasteiger partial charge in [0.05, 0.1) is 5.75 Å². The average molecular weight is 231 g/mol. The molecule has 3 heteroatoms. The molecule has 16 heavy (non-hydrogen) atoms. The molecule has 1 aromatic heterocycles. The van der Waals surface area contributed by atoms with Crippen LogP contribution in [0.4, 0.5) is 0 Å². The number of aromatic nitrogens is 1. The highest BCUT2D eigenvalue weighted by atomic mass is 32.2. The third-order valence-corrected chi connectivity index (χ3v) is 3.29. The molecule has 0 N–H and O–H groups in total. The first-order chi connectivity index (χ1) is 7.83. The van der Waals surface area contributed by atoms with Gasteiger partial charge >= 0.3 is 0 Å². The van der Waals surface area contributed by atoms with E-state index >= 15 is 0 Å². The zero-order valence-electron chi connectivity index (χ0n) is 9.14. The Hall–Kier alpha value is -1.35. The summed E-state index contributed by atoms with van der Waals surface area (Å²) < 4.78 is 0. The van der Waals surface area contributed by atoms with Gasteiger partial charge in [0, 0.05) is 23.3 Å². The molecule has 0 aliphatic rings. The normalized spacial score (nSPS) is 10.6. The van der Waals surface area contributed by atoms with Crippen LogP contribution in [-0.4, -0.2) is 22.3 Å². The van der Waals surface area contributed by atoms with E-state index < -0.39 is 0 Å². The highest BCUT2D eigenvalue weighted by Crippen LogP contribution is 2.19. The number of thioether (sulfide) groups is 1. The molecule has 0 amide bonds. The first kappa shape index (κ1) is 11.1. The Morgan fingerprint density at radius 3 is 3.06 bits per heavy atom. The van der Waals surface area contributed by atoms with Crippen LogP contribution in [0, 0.1) is 0 Å². The first-order valence-electron chi connectivity index (χ1n) is 5.26. The van der Waals surface area contributed by atoms with Crippen LogP contribution >= 0.6 is 11.8 Å². The van der Waals surface area contributed by atoms with Crippen LogP contribution in [0.5, 0.6) is 0 Å². The number of carbonyl (C=O) groups is 1. The fourth-order valence-electron chi connectivity index (χ4n) is 1.64. The molecule has 1 aromatic carbocycles. The lowest BCUT2D eigenvalue weighted by atomic mass is 10.0. The van der Waals surface area contributed by atoms with Gasteiger partial charge < -0.3 is 0 Å². The van der Waals surface area contributed by atoms with E-state index in [4.69, 9.17) is 0 Å². The zero-order valence-corrected chi connectivity index (χ0v) is 9.96. The van der Waals surface area contributed by atoms with Crippen LogP contribution in [0.1, 0.15) is 17.3 Å². The van der Waals surface area contributed by atoms with E-state index in [1.165, 1.54) is 0 Å². The lowest BCUT2D eigenvalue weighted by Crippen LogP contribution is -2.03. The minimum Gasteiger partial charge on any atom is -0.293 e.